The van der Waals surface area contributed by atoms with E-state index in [-0.39, 0.29) is 5.91 Å². The molecule has 2 N–H and O–H groups in total. The van der Waals surface area contributed by atoms with Gasteiger partial charge in [-0.1, -0.05) is 0 Å². The van der Waals surface area contributed by atoms with Crippen molar-refractivity contribution >= 4 is 23.6 Å². The minimum atomic E-state index is -1.13. The van der Waals surface area contributed by atoms with Crippen LogP contribution in [0.15, 0.2) is 18.2 Å². The van der Waals surface area contributed by atoms with Crippen molar-refractivity contribution < 1.29 is 19.4 Å². The maximum Gasteiger partial charge on any atom is 0.330 e. The summed E-state index contributed by atoms with van der Waals surface area (Å²) >= 11 is 1.55. The minimum Gasteiger partial charge on any atom is -0.493 e. The van der Waals surface area contributed by atoms with Crippen LogP contribution in [0, 0.1) is 0 Å². The smallest absolute Gasteiger partial charge is 0.330 e. The summed E-state index contributed by atoms with van der Waals surface area (Å²) in [7, 11) is 0. The number of carboxylic acid groups (broad SMARTS) is 1. The first kappa shape index (κ1) is 13.3. The highest BCUT2D eigenvalue weighted by Crippen LogP contribution is 2.30. The summed E-state index contributed by atoms with van der Waals surface area (Å²) in [5.41, 5.74) is 0.367. The Bertz CT molecular complexity index is 566. The van der Waals surface area contributed by atoms with E-state index in [0.717, 1.165) is 23.5 Å². The van der Waals surface area contributed by atoms with Crippen LogP contribution >= 0.6 is 11.8 Å². The molecule has 20 heavy (non-hydrogen) atoms. The van der Waals surface area contributed by atoms with Crippen molar-refractivity contribution in [1.82, 2.24) is 5.32 Å². The summed E-state index contributed by atoms with van der Waals surface area (Å²) < 4.78 is 5.40. The second-order valence-electron chi connectivity index (χ2n) is 5.06. The minimum absolute atomic E-state index is 0.329. The van der Waals surface area contributed by atoms with E-state index in [4.69, 9.17) is 4.74 Å². The van der Waals surface area contributed by atoms with Gasteiger partial charge in [0.15, 0.2) is 0 Å². The summed E-state index contributed by atoms with van der Waals surface area (Å²) in [4.78, 5) is 23.7. The molecule has 106 valence electrons. The summed E-state index contributed by atoms with van der Waals surface area (Å²) in [6, 6.07) is 5.24. The fourth-order valence-electron chi connectivity index (χ4n) is 2.50. The Morgan fingerprint density at radius 2 is 2.25 bits per heavy atom. The zero-order valence-corrected chi connectivity index (χ0v) is 11.7. The first-order chi connectivity index (χ1) is 9.61. The standard InChI is InChI=1S/C14H15NO4S/c16-12(15-14(13(17)18)4-6-20-8-14)10-1-2-11-9(7-10)3-5-19-11/h1-2,7H,3-6,8H2,(H,15,16)(H,17,18)/t14-/m0/s1. The molecular formula is C14H15NO4S. The second-order valence-corrected chi connectivity index (χ2v) is 6.17. The van der Waals surface area contributed by atoms with Gasteiger partial charge in [0.05, 0.1) is 6.61 Å². The van der Waals surface area contributed by atoms with Gasteiger partial charge in [-0.25, -0.2) is 4.79 Å². The highest BCUT2D eigenvalue weighted by atomic mass is 32.2. The molecule has 6 heteroatoms. The van der Waals surface area contributed by atoms with E-state index in [1.54, 1.807) is 30.0 Å². The number of amides is 1. The third kappa shape index (κ3) is 2.24. The van der Waals surface area contributed by atoms with Crippen LogP contribution < -0.4 is 10.1 Å². The Kier molecular flexibility index (Phi) is 3.33. The molecule has 1 atom stereocenters. The Morgan fingerprint density at radius 3 is 2.95 bits per heavy atom. The Balaban J connectivity index is 1.80. The number of benzene rings is 1. The Labute approximate surface area is 120 Å². The van der Waals surface area contributed by atoms with Gasteiger partial charge in [0.1, 0.15) is 11.3 Å². The topological polar surface area (TPSA) is 75.6 Å². The number of carbonyl (C=O) groups is 2. The molecule has 0 aliphatic carbocycles. The van der Waals surface area contributed by atoms with Crippen LogP contribution in [-0.4, -0.2) is 40.6 Å². The Hall–Kier alpha value is -1.69. The predicted octanol–water partition coefficient (Wildman–Crippen LogP) is 1.31. The van der Waals surface area contributed by atoms with Crippen LogP contribution in [0.3, 0.4) is 0 Å². The van der Waals surface area contributed by atoms with Crippen molar-refractivity contribution in [2.75, 3.05) is 18.1 Å². The SMILES string of the molecule is O=C(N[C@@]1(C(=O)O)CCSC1)c1ccc2c(c1)CCO2. The molecule has 2 heterocycles. The molecule has 1 saturated heterocycles. The number of ether oxygens (including phenoxy) is 1. The molecule has 3 rings (SSSR count). The van der Waals surface area contributed by atoms with E-state index in [0.29, 0.717) is 24.3 Å². The summed E-state index contributed by atoms with van der Waals surface area (Å²) in [6.45, 7) is 0.635. The van der Waals surface area contributed by atoms with Crippen LogP contribution in [0.25, 0.3) is 0 Å². The monoisotopic (exact) mass is 293 g/mol. The molecule has 1 aromatic carbocycles. The Morgan fingerprint density at radius 1 is 1.40 bits per heavy atom. The second kappa shape index (κ2) is 5.01. The lowest BCUT2D eigenvalue weighted by Gasteiger charge is -2.24. The van der Waals surface area contributed by atoms with Gasteiger partial charge in [-0.15, -0.1) is 0 Å². The summed E-state index contributed by atoms with van der Waals surface area (Å²) in [6.07, 6.45) is 1.25. The lowest BCUT2D eigenvalue weighted by Crippen LogP contribution is -2.54. The van der Waals surface area contributed by atoms with Gasteiger partial charge in [-0.05, 0) is 35.9 Å². The third-order valence-corrected chi connectivity index (χ3v) is 4.93. The van der Waals surface area contributed by atoms with Crippen LogP contribution in [0.5, 0.6) is 5.75 Å². The summed E-state index contributed by atoms with van der Waals surface area (Å²) in [5.74, 6) is 0.697. The lowest BCUT2D eigenvalue weighted by molar-refractivity contribution is -0.143. The molecule has 0 saturated carbocycles. The fraction of sp³-hybridized carbons (Fsp3) is 0.429. The van der Waals surface area contributed by atoms with E-state index in [2.05, 4.69) is 5.32 Å². The van der Waals surface area contributed by atoms with Crippen molar-refractivity contribution in [2.24, 2.45) is 0 Å². The molecule has 5 nitrogen and oxygen atoms in total. The van der Waals surface area contributed by atoms with Gasteiger partial charge in [0, 0.05) is 17.7 Å². The van der Waals surface area contributed by atoms with Crippen LogP contribution in [0.4, 0.5) is 0 Å². The first-order valence-electron chi connectivity index (χ1n) is 6.50. The van der Waals surface area contributed by atoms with Crippen molar-refractivity contribution in [1.29, 1.82) is 0 Å². The van der Waals surface area contributed by atoms with Gasteiger partial charge in [0.25, 0.3) is 5.91 Å². The third-order valence-electron chi connectivity index (χ3n) is 3.74. The van der Waals surface area contributed by atoms with Crippen molar-refractivity contribution in [3.63, 3.8) is 0 Å². The molecular weight excluding hydrogens is 278 g/mol. The van der Waals surface area contributed by atoms with Gasteiger partial charge < -0.3 is 15.2 Å². The van der Waals surface area contributed by atoms with Gasteiger partial charge >= 0.3 is 5.97 Å². The van der Waals surface area contributed by atoms with E-state index in [1.807, 2.05) is 0 Å². The highest BCUT2D eigenvalue weighted by molar-refractivity contribution is 7.99. The van der Waals surface area contributed by atoms with Crippen LogP contribution in [0.2, 0.25) is 0 Å². The van der Waals surface area contributed by atoms with Crippen molar-refractivity contribution in [2.45, 2.75) is 18.4 Å². The zero-order chi connectivity index (χ0) is 14.2. The average Bonchev–Trinajstić information content (AvgIpc) is 3.06. The van der Waals surface area contributed by atoms with Gasteiger partial charge in [-0.3, -0.25) is 4.79 Å². The highest BCUT2D eigenvalue weighted by Gasteiger charge is 2.43. The van der Waals surface area contributed by atoms with Crippen molar-refractivity contribution in [3.8, 4) is 5.75 Å². The van der Waals surface area contributed by atoms with E-state index in [1.165, 1.54) is 0 Å². The number of nitrogens with one attached hydrogen (secondary N) is 1. The molecule has 0 spiro atoms. The van der Waals surface area contributed by atoms with Gasteiger partial charge in [0.2, 0.25) is 0 Å². The van der Waals surface area contributed by atoms with E-state index >= 15 is 0 Å². The maximum absolute atomic E-state index is 12.3. The number of thioether (sulfide) groups is 1. The molecule has 2 aliphatic heterocycles. The summed E-state index contributed by atoms with van der Waals surface area (Å²) in [5, 5.41) is 12.1. The quantitative estimate of drug-likeness (QED) is 0.879. The van der Waals surface area contributed by atoms with Gasteiger partial charge in [-0.2, -0.15) is 11.8 Å². The number of carboxylic acids is 1. The molecule has 0 aromatic heterocycles. The fourth-order valence-corrected chi connectivity index (χ4v) is 3.83. The molecule has 0 unspecified atom stereocenters. The number of carbonyl (C=O) groups excluding carboxylic acids is 1. The number of fused-ring (bicyclic) bond motifs is 1. The molecule has 2 aliphatic rings. The largest absolute Gasteiger partial charge is 0.493 e. The van der Waals surface area contributed by atoms with E-state index < -0.39 is 11.5 Å². The normalized spacial score (nSPS) is 24.0. The first-order valence-corrected chi connectivity index (χ1v) is 7.66. The lowest BCUT2D eigenvalue weighted by atomic mass is 9.98. The van der Waals surface area contributed by atoms with E-state index in [9.17, 15) is 14.7 Å². The number of rotatable bonds is 3. The van der Waals surface area contributed by atoms with Crippen LogP contribution in [-0.2, 0) is 11.2 Å². The maximum atomic E-state index is 12.3. The molecule has 1 fully saturated rings. The zero-order valence-electron chi connectivity index (χ0n) is 10.8. The van der Waals surface area contributed by atoms with Crippen LogP contribution in [0.1, 0.15) is 22.3 Å². The molecule has 0 radical (unpaired) electrons. The molecule has 0 bridgehead atoms. The predicted molar refractivity (Wildman–Crippen MR) is 75.4 cm³/mol. The molecule has 1 aromatic rings. The van der Waals surface area contributed by atoms with Crippen molar-refractivity contribution in [3.05, 3.63) is 29.3 Å². The average molecular weight is 293 g/mol. The molecule has 1 amide bonds. The number of aliphatic carboxylic acids is 1. The number of hydrogen-bond donors (Lipinski definition) is 2. The number of hydrogen-bond acceptors (Lipinski definition) is 4.